The van der Waals surface area contributed by atoms with Crippen LogP contribution in [0.25, 0.3) is 0 Å². The lowest BCUT2D eigenvalue weighted by Crippen LogP contribution is -2.42. The van der Waals surface area contributed by atoms with Gasteiger partial charge in [0.05, 0.1) is 6.10 Å². The summed E-state index contributed by atoms with van der Waals surface area (Å²) in [7, 11) is -2.19. The molecule has 0 bridgehead atoms. The average Bonchev–Trinajstić information content (AvgIpc) is 2.91. The molecule has 1 aromatic carbocycles. The predicted octanol–water partition coefficient (Wildman–Crippen LogP) is 5.16. The van der Waals surface area contributed by atoms with Gasteiger partial charge in [0.2, 0.25) is 5.79 Å². The molecule has 23 heavy (non-hydrogen) atoms. The van der Waals surface area contributed by atoms with Crippen molar-refractivity contribution in [3.63, 3.8) is 0 Å². The Balaban J connectivity index is 1.80. The molecule has 0 amide bonds. The Labute approximate surface area is 141 Å². The first-order valence-corrected chi connectivity index (χ1v) is 11.9. The molecule has 1 heterocycles. The zero-order valence-corrected chi connectivity index (χ0v) is 15.9. The van der Waals surface area contributed by atoms with Gasteiger partial charge in [0, 0.05) is 18.4 Å². The molecule has 4 heteroatoms. The van der Waals surface area contributed by atoms with Gasteiger partial charge in [0.25, 0.3) is 0 Å². The summed E-state index contributed by atoms with van der Waals surface area (Å²) in [6, 6.07) is 8.29. The molecule has 0 radical (unpaired) electrons. The molecule has 0 unspecified atom stereocenters. The molecule has 1 N–H and O–H groups in total. The minimum absolute atomic E-state index is 0.0214. The van der Waals surface area contributed by atoms with E-state index < -0.39 is 14.1 Å². The molecular formula is C19H30O3Si. The van der Waals surface area contributed by atoms with Gasteiger partial charge in [-0.05, 0) is 49.9 Å². The molecular weight excluding hydrogens is 304 g/mol. The fourth-order valence-corrected chi connectivity index (χ4v) is 4.29. The molecule has 3 nitrogen and oxygen atoms in total. The van der Waals surface area contributed by atoms with E-state index in [1.54, 1.807) is 0 Å². The van der Waals surface area contributed by atoms with Crippen molar-refractivity contribution >= 4 is 8.32 Å². The maximum absolute atomic E-state index is 10.5. The maximum atomic E-state index is 10.5. The quantitative estimate of drug-likeness (QED) is 0.773. The molecule has 128 valence electrons. The fraction of sp³-hybridized carbons (Fsp3) is 0.684. The van der Waals surface area contributed by atoms with Gasteiger partial charge in [-0.15, -0.1) is 0 Å². The van der Waals surface area contributed by atoms with Gasteiger partial charge in [-0.3, -0.25) is 0 Å². The number of hydrogen-bond acceptors (Lipinski definition) is 3. The third-order valence-corrected chi connectivity index (χ3v) is 9.53. The first kappa shape index (κ1) is 17.0. The van der Waals surface area contributed by atoms with E-state index in [9.17, 15) is 4.80 Å². The molecule has 3 rings (SSSR count). The number of benzene rings is 1. The molecule has 0 aromatic heterocycles. The first-order chi connectivity index (χ1) is 10.7. The van der Waals surface area contributed by atoms with Gasteiger partial charge < -0.3 is 14.3 Å². The van der Waals surface area contributed by atoms with Gasteiger partial charge in [0.15, 0.2) is 8.32 Å². The second-order valence-electron chi connectivity index (χ2n) is 8.35. The standard InChI is InChI=1S/C19H30O3Si/c1-18(2,23(3,4)20)14-11-17-15-9-5-6-10-16(15)21-19(22-17)12-7-8-13-19/h5-6,9-10,17,20H,7-8,11-14H2,1-4H3/t17-/m1/s1. The summed E-state index contributed by atoms with van der Waals surface area (Å²) in [4.78, 5) is 10.5. The SMILES string of the molecule is CC(C)(CC[C@H]1OC2(CCCC2)Oc2ccccc21)[Si](C)(C)O. The van der Waals surface area contributed by atoms with E-state index in [0.29, 0.717) is 0 Å². The second kappa shape index (κ2) is 5.90. The van der Waals surface area contributed by atoms with Crippen LogP contribution >= 0.6 is 0 Å². The van der Waals surface area contributed by atoms with Crippen molar-refractivity contribution in [2.75, 3.05) is 0 Å². The summed E-state index contributed by atoms with van der Waals surface area (Å²) in [5.74, 6) is 0.582. The van der Waals surface area contributed by atoms with Gasteiger partial charge in [-0.1, -0.05) is 32.0 Å². The van der Waals surface area contributed by atoms with Crippen LogP contribution < -0.4 is 4.74 Å². The van der Waals surface area contributed by atoms with E-state index in [0.717, 1.165) is 31.4 Å². The molecule has 2 aliphatic rings. The lowest BCUT2D eigenvalue weighted by atomic mass is 9.96. The van der Waals surface area contributed by atoms with Crippen LogP contribution in [0.5, 0.6) is 5.75 Å². The second-order valence-corrected chi connectivity index (χ2v) is 12.8. The van der Waals surface area contributed by atoms with Crippen LogP contribution in [0.2, 0.25) is 18.1 Å². The summed E-state index contributed by atoms with van der Waals surface area (Å²) in [6.07, 6.45) is 6.31. The lowest BCUT2D eigenvalue weighted by Gasteiger charge is -2.42. The summed E-state index contributed by atoms with van der Waals surface area (Å²) in [5, 5.41) is -0.0214. The Bertz CT molecular complexity index is 556. The molecule has 1 spiro atoms. The Morgan fingerprint density at radius 1 is 1.22 bits per heavy atom. The van der Waals surface area contributed by atoms with Crippen molar-refractivity contribution in [1.29, 1.82) is 0 Å². The van der Waals surface area contributed by atoms with Crippen molar-refractivity contribution in [3.05, 3.63) is 29.8 Å². The van der Waals surface area contributed by atoms with Crippen LogP contribution in [-0.2, 0) is 4.74 Å². The highest BCUT2D eigenvalue weighted by Crippen LogP contribution is 2.49. The number of hydrogen-bond donors (Lipinski definition) is 1. The third-order valence-electron chi connectivity index (χ3n) is 5.97. The zero-order valence-electron chi connectivity index (χ0n) is 14.9. The van der Waals surface area contributed by atoms with Gasteiger partial charge in [-0.2, -0.15) is 0 Å². The van der Waals surface area contributed by atoms with E-state index >= 15 is 0 Å². The number of para-hydroxylation sites is 1. The summed E-state index contributed by atoms with van der Waals surface area (Å²) in [6.45, 7) is 8.44. The Hall–Kier alpha value is -0.843. The number of ether oxygens (including phenoxy) is 2. The Morgan fingerprint density at radius 2 is 1.87 bits per heavy atom. The highest BCUT2D eigenvalue weighted by molar-refractivity contribution is 6.72. The largest absolute Gasteiger partial charge is 0.462 e. The van der Waals surface area contributed by atoms with Crippen LogP contribution in [0.1, 0.15) is 64.0 Å². The summed E-state index contributed by atoms with van der Waals surface area (Å²) >= 11 is 0. The normalized spacial score (nSPS) is 23.6. The maximum Gasteiger partial charge on any atom is 0.211 e. The van der Waals surface area contributed by atoms with Crippen molar-refractivity contribution in [2.45, 2.75) is 82.4 Å². The molecule has 1 fully saturated rings. The fourth-order valence-electron chi connectivity index (χ4n) is 3.53. The number of rotatable bonds is 4. The predicted molar refractivity (Wildman–Crippen MR) is 95.1 cm³/mol. The van der Waals surface area contributed by atoms with Crippen LogP contribution in [-0.4, -0.2) is 18.9 Å². The number of fused-ring (bicyclic) bond motifs is 1. The molecule has 1 aromatic rings. The van der Waals surface area contributed by atoms with Crippen molar-refractivity contribution in [1.82, 2.24) is 0 Å². The summed E-state index contributed by atoms with van der Waals surface area (Å²) in [5.41, 5.74) is 1.17. The molecule has 1 aliphatic heterocycles. The van der Waals surface area contributed by atoms with E-state index in [1.807, 2.05) is 19.2 Å². The van der Waals surface area contributed by atoms with E-state index in [4.69, 9.17) is 9.47 Å². The van der Waals surface area contributed by atoms with Crippen molar-refractivity contribution < 1.29 is 14.3 Å². The van der Waals surface area contributed by atoms with Gasteiger partial charge >= 0.3 is 0 Å². The minimum atomic E-state index is -2.19. The van der Waals surface area contributed by atoms with Crippen LogP contribution in [0.3, 0.4) is 0 Å². The Kier molecular flexibility index (Phi) is 4.36. The highest BCUT2D eigenvalue weighted by Gasteiger charge is 2.45. The van der Waals surface area contributed by atoms with E-state index in [2.05, 4.69) is 32.0 Å². The third kappa shape index (κ3) is 3.35. The van der Waals surface area contributed by atoms with Gasteiger partial charge in [-0.25, -0.2) is 0 Å². The lowest BCUT2D eigenvalue weighted by molar-refractivity contribution is -0.227. The molecule has 1 aliphatic carbocycles. The summed E-state index contributed by atoms with van der Waals surface area (Å²) < 4.78 is 12.7. The first-order valence-electron chi connectivity index (χ1n) is 8.91. The molecule has 0 saturated heterocycles. The molecule has 1 atom stereocenters. The zero-order chi connectivity index (χ0) is 16.7. The van der Waals surface area contributed by atoms with E-state index in [-0.39, 0.29) is 11.1 Å². The van der Waals surface area contributed by atoms with Crippen molar-refractivity contribution in [2.24, 2.45) is 0 Å². The average molecular weight is 335 g/mol. The van der Waals surface area contributed by atoms with Crippen molar-refractivity contribution in [3.8, 4) is 5.75 Å². The van der Waals surface area contributed by atoms with E-state index in [1.165, 1.54) is 18.4 Å². The minimum Gasteiger partial charge on any atom is -0.462 e. The Morgan fingerprint density at radius 3 is 2.52 bits per heavy atom. The van der Waals surface area contributed by atoms with Crippen LogP contribution in [0, 0.1) is 0 Å². The highest BCUT2D eigenvalue weighted by atomic mass is 28.4. The monoisotopic (exact) mass is 334 g/mol. The van der Waals surface area contributed by atoms with Crippen LogP contribution in [0.15, 0.2) is 24.3 Å². The topological polar surface area (TPSA) is 38.7 Å². The smallest absolute Gasteiger partial charge is 0.211 e. The van der Waals surface area contributed by atoms with Gasteiger partial charge in [0.1, 0.15) is 5.75 Å². The molecule has 1 saturated carbocycles. The van der Waals surface area contributed by atoms with Crippen LogP contribution in [0.4, 0.5) is 0 Å².